The van der Waals surface area contributed by atoms with Crippen molar-refractivity contribution >= 4 is 83.4 Å². The number of urea groups is 1. The summed E-state index contributed by atoms with van der Waals surface area (Å²) in [6, 6.07) is 18.0. The molecule has 4 heterocycles. The van der Waals surface area contributed by atoms with Crippen LogP contribution < -0.4 is 31.2 Å². The van der Waals surface area contributed by atoms with Gasteiger partial charge in [-0.25, -0.2) is 14.3 Å². The molecule has 3 aromatic carbocycles. The number of piperazine rings is 1. The highest BCUT2D eigenvalue weighted by Gasteiger charge is 2.66. The Morgan fingerprint density at radius 1 is 0.900 bits per heavy atom. The Labute approximate surface area is 405 Å². The summed E-state index contributed by atoms with van der Waals surface area (Å²) >= 11 is 2.06. The third-order valence-electron chi connectivity index (χ3n) is 10.8. The predicted molar refractivity (Wildman–Crippen MR) is 243 cm³/mol. The van der Waals surface area contributed by atoms with Gasteiger partial charge in [0.05, 0.1) is 0 Å². The molecule has 1 unspecified atom stereocenters. The average Bonchev–Trinajstić information content (AvgIpc) is 3.78. The zero-order chi connectivity index (χ0) is 50.3. The van der Waals surface area contributed by atoms with E-state index in [0.717, 1.165) is 59.1 Å². The van der Waals surface area contributed by atoms with Gasteiger partial charge in [0.2, 0.25) is 29.0 Å². The molecule has 0 aliphatic carbocycles. The largest absolute Gasteiger partial charge is 0.448 e. The number of β-lactam (4-membered cyclic amide) rings is 1. The molecule has 26 heteroatoms. The van der Waals surface area contributed by atoms with Gasteiger partial charge in [-0.3, -0.25) is 48.2 Å². The van der Waals surface area contributed by atoms with Gasteiger partial charge in [-0.2, -0.15) is 0 Å². The van der Waals surface area contributed by atoms with Gasteiger partial charge in [0.25, 0.3) is 5.91 Å². The Morgan fingerprint density at radius 3 is 2.17 bits per heavy atom. The maximum atomic E-state index is 14.9. The van der Waals surface area contributed by atoms with Gasteiger partial charge < -0.3 is 40.8 Å². The third-order valence-corrected chi connectivity index (χ3v) is 13.3. The number of nitrogens with zero attached hydrogens (tertiary/aromatic N) is 7. The van der Waals surface area contributed by atoms with Gasteiger partial charge in [0.15, 0.2) is 17.6 Å². The number of thioether (sulfide) groups is 2. The zero-order valence-corrected chi connectivity index (χ0v) is 39.0. The molecular formula is C44H43N11O13S2. The minimum Gasteiger partial charge on any atom is -0.448 e. The third kappa shape index (κ3) is 10.5. The number of nitrogens with one attached hydrogen (secondary N) is 3. The van der Waals surface area contributed by atoms with Gasteiger partial charge >= 0.3 is 35.8 Å². The van der Waals surface area contributed by atoms with Gasteiger partial charge in [-0.15, -0.1) is 16.9 Å². The van der Waals surface area contributed by atoms with E-state index in [4.69, 9.17) is 19.9 Å². The second-order valence-electron chi connectivity index (χ2n) is 15.4. The van der Waals surface area contributed by atoms with E-state index in [2.05, 4.69) is 31.5 Å². The van der Waals surface area contributed by atoms with Crippen molar-refractivity contribution in [2.75, 3.05) is 31.1 Å². The van der Waals surface area contributed by atoms with Crippen molar-refractivity contribution in [2.45, 2.75) is 55.7 Å². The van der Waals surface area contributed by atoms with E-state index in [1.807, 2.05) is 0 Å². The number of primary amides is 1. The molecule has 0 saturated carbocycles. The van der Waals surface area contributed by atoms with Crippen LogP contribution in [0.1, 0.15) is 49.6 Å². The smallest absolute Gasteiger partial charge is 0.356 e. The molecule has 3 aliphatic rings. The molecule has 3 atom stereocenters. The molecule has 2 fully saturated rings. The highest BCUT2D eigenvalue weighted by atomic mass is 32.2. The summed E-state index contributed by atoms with van der Waals surface area (Å²) in [6.07, 6.45) is -0.831. The maximum absolute atomic E-state index is 14.9. The SMILES string of the molecule is CCN1CCN(C(=O)NC(C(=O)N[C@]2(NC=O)C(=O)N3C(C(=O)OC(c4ccccc4)c4ccccc4)=C(CSc4nnnn4CC(N)=O)CS[C@H]32)c2ccc(OC(C)=O)c(OC(C)=O)c2)C(=O)C1=O. The number of ether oxygens (including phenoxy) is 3. The minimum atomic E-state index is -2.32. The number of likely N-dealkylation sites (N-methyl/N-ethyl adjacent to an activating group) is 1. The molecule has 24 nitrogen and oxygen atoms in total. The molecule has 2 saturated heterocycles. The second kappa shape index (κ2) is 21.4. The molecule has 8 amide bonds. The summed E-state index contributed by atoms with van der Waals surface area (Å²) < 4.78 is 17.8. The van der Waals surface area contributed by atoms with E-state index in [1.54, 1.807) is 67.6 Å². The predicted octanol–water partition coefficient (Wildman–Crippen LogP) is 0.303. The number of hydrogen-bond donors (Lipinski definition) is 4. The minimum absolute atomic E-state index is 0.0186. The number of hydrogen-bond acceptors (Lipinski definition) is 18. The van der Waals surface area contributed by atoms with Crippen LogP contribution in [0.2, 0.25) is 0 Å². The first kappa shape index (κ1) is 49.8. The van der Waals surface area contributed by atoms with Crippen molar-refractivity contribution in [1.29, 1.82) is 0 Å². The van der Waals surface area contributed by atoms with Gasteiger partial charge in [-0.1, -0.05) is 78.5 Å². The summed E-state index contributed by atoms with van der Waals surface area (Å²) in [6.45, 7) is 3.34. The second-order valence-corrected chi connectivity index (χ2v) is 17.5. The number of fused-ring (bicyclic) bond motifs is 1. The van der Waals surface area contributed by atoms with E-state index >= 15 is 0 Å². The molecule has 70 heavy (non-hydrogen) atoms. The van der Waals surface area contributed by atoms with Crippen LogP contribution in [0.25, 0.3) is 0 Å². The monoisotopic (exact) mass is 997 g/mol. The number of tetrazole rings is 1. The molecular weight excluding hydrogens is 955 g/mol. The van der Waals surface area contributed by atoms with Crippen LogP contribution in [0.5, 0.6) is 11.5 Å². The number of aromatic nitrogens is 4. The van der Waals surface area contributed by atoms with Crippen LogP contribution in [0.3, 0.4) is 0 Å². The van der Waals surface area contributed by atoms with Crippen LogP contribution in [-0.4, -0.2) is 137 Å². The molecule has 0 spiro atoms. The molecule has 0 radical (unpaired) electrons. The van der Waals surface area contributed by atoms with Crippen molar-refractivity contribution in [3.05, 3.63) is 107 Å². The van der Waals surface area contributed by atoms with Crippen molar-refractivity contribution in [1.82, 2.24) is 50.9 Å². The van der Waals surface area contributed by atoms with Gasteiger partial charge in [0.1, 0.15) is 23.7 Å². The number of amides is 8. The molecule has 0 bridgehead atoms. The molecule has 7 rings (SSSR count). The fourth-order valence-corrected chi connectivity index (χ4v) is 10.1. The van der Waals surface area contributed by atoms with E-state index < -0.39 is 76.7 Å². The van der Waals surface area contributed by atoms with Crippen LogP contribution in [0.15, 0.2) is 95.3 Å². The standard InChI is InChI=1S/C44H43N11O13S2/c1-4-52-17-18-53(38(62)37(52)61)42(65)47-33(28-15-16-30(66-24(2)57)31(19-28)67-25(3)58)36(60)48-44(46-23-56)40(64)55-34(29(21-69-41(44)55)22-70-43-49-50-51-54(43)20-32(45)59)39(63)68-35(26-11-7-5-8-12-26)27-13-9-6-10-14-27/h5-16,19,23,33,35,41H,4,17-18,20-22H2,1-3H3,(H2,45,59)(H,46,56)(H,47,65)(H,48,60)/t33?,41-,44+/m0/s1. The van der Waals surface area contributed by atoms with Gasteiger partial charge in [0, 0.05) is 45.0 Å². The summed E-state index contributed by atoms with van der Waals surface area (Å²) in [7, 11) is 0. The highest BCUT2D eigenvalue weighted by molar-refractivity contribution is 8.01. The molecule has 364 valence electrons. The van der Waals surface area contributed by atoms with Crippen molar-refractivity contribution in [3.8, 4) is 11.5 Å². The first-order valence-electron chi connectivity index (χ1n) is 21.2. The van der Waals surface area contributed by atoms with Crippen molar-refractivity contribution < 1.29 is 62.2 Å². The van der Waals surface area contributed by atoms with Gasteiger partial charge in [-0.05, 0) is 51.7 Å². The lowest BCUT2D eigenvalue weighted by molar-refractivity contribution is -0.164. The van der Waals surface area contributed by atoms with Crippen LogP contribution in [-0.2, 0) is 54.4 Å². The Kier molecular flexibility index (Phi) is 15.2. The summed E-state index contributed by atoms with van der Waals surface area (Å²) in [4.78, 5) is 135. The fourth-order valence-electron chi connectivity index (χ4n) is 7.66. The molecule has 1 aromatic heterocycles. The normalized spacial score (nSPS) is 18.0. The topological polar surface area (TPSA) is 314 Å². The maximum Gasteiger partial charge on any atom is 0.356 e. The molecule has 3 aliphatic heterocycles. The lowest BCUT2D eigenvalue weighted by Crippen LogP contribution is -2.85. The number of nitrogens with two attached hydrogens (primary N) is 1. The Balaban J connectivity index is 1.26. The van der Waals surface area contributed by atoms with Crippen LogP contribution in [0.4, 0.5) is 4.79 Å². The lowest BCUT2D eigenvalue weighted by Gasteiger charge is -2.56. The van der Waals surface area contributed by atoms with Crippen molar-refractivity contribution in [2.24, 2.45) is 5.73 Å². The number of carbonyl (C=O) groups is 10. The summed E-state index contributed by atoms with van der Waals surface area (Å²) in [5.41, 5.74) is 4.19. The zero-order valence-electron chi connectivity index (χ0n) is 37.4. The molecule has 4 aromatic rings. The van der Waals surface area contributed by atoms with Crippen LogP contribution in [0, 0.1) is 0 Å². The quantitative estimate of drug-likeness (QED) is 0.0198. The van der Waals surface area contributed by atoms with Crippen LogP contribution >= 0.6 is 23.5 Å². The Bertz CT molecular complexity index is 2760. The van der Waals surface area contributed by atoms with E-state index in [9.17, 15) is 47.9 Å². The number of esters is 3. The lowest BCUT2D eigenvalue weighted by atomic mass is 9.94. The first-order valence-corrected chi connectivity index (χ1v) is 23.2. The van der Waals surface area contributed by atoms with E-state index in [-0.39, 0.29) is 72.0 Å². The fraction of sp³-hybridized carbons (Fsp3) is 0.295. The molecule has 5 N–H and O–H groups in total. The van der Waals surface area contributed by atoms with E-state index in [0.29, 0.717) is 21.6 Å². The first-order chi connectivity index (χ1) is 33.6. The average molecular weight is 998 g/mol. The summed E-state index contributed by atoms with van der Waals surface area (Å²) in [5.74, 6) is -8.39. The number of carbonyl (C=O) groups excluding carboxylic acids is 10. The van der Waals surface area contributed by atoms with E-state index in [1.165, 1.54) is 11.0 Å². The Hall–Kier alpha value is -8.13. The number of benzene rings is 3. The van der Waals surface area contributed by atoms with Crippen molar-refractivity contribution in [3.63, 3.8) is 0 Å². The summed E-state index contributed by atoms with van der Waals surface area (Å²) in [5, 5.41) is 17.6. The Morgan fingerprint density at radius 2 is 1.56 bits per heavy atom. The number of rotatable bonds is 18. The number of imide groups is 1. The highest BCUT2D eigenvalue weighted by Crippen LogP contribution is 2.47.